The molecule has 2 amide bonds. The number of amides is 2. The highest BCUT2D eigenvalue weighted by atomic mass is 16.7. The Labute approximate surface area is 88.5 Å². The fraction of sp³-hybridized carbons (Fsp3) is 0.778. The van der Waals surface area contributed by atoms with E-state index >= 15 is 0 Å². The van der Waals surface area contributed by atoms with Crippen LogP contribution < -0.4 is 16.5 Å². The number of rotatable bonds is 4. The van der Waals surface area contributed by atoms with Gasteiger partial charge in [0.1, 0.15) is 12.6 Å². The fourth-order valence-electron chi connectivity index (χ4n) is 1.18. The van der Waals surface area contributed by atoms with Crippen molar-refractivity contribution in [3.05, 3.63) is 0 Å². The molecular formula is C9H17N3O3. The standard InChI is InChI=1S/C9H17N3O3/c1-3-9(2,5-10)8(14)11-6-4-15-12-7(6)13/h6H,3-5,10H2,1-2H3,(H,11,14)(H,12,13)/t6-,9?/m1/s1. The lowest BCUT2D eigenvalue weighted by atomic mass is 9.86. The van der Waals surface area contributed by atoms with E-state index in [-0.39, 0.29) is 25.0 Å². The Bertz CT molecular complexity index is 263. The Kier molecular flexibility index (Phi) is 3.65. The lowest BCUT2D eigenvalue weighted by Gasteiger charge is -2.25. The van der Waals surface area contributed by atoms with Gasteiger partial charge in [-0.25, -0.2) is 5.48 Å². The number of hydrogen-bond donors (Lipinski definition) is 3. The van der Waals surface area contributed by atoms with Crippen LogP contribution in [0.5, 0.6) is 0 Å². The number of hydroxylamine groups is 1. The maximum atomic E-state index is 11.8. The predicted octanol–water partition coefficient (Wildman–Crippen LogP) is -1.09. The van der Waals surface area contributed by atoms with Crippen molar-refractivity contribution in [3.63, 3.8) is 0 Å². The zero-order valence-electron chi connectivity index (χ0n) is 9.00. The zero-order chi connectivity index (χ0) is 11.5. The molecule has 1 fully saturated rings. The molecule has 1 aliphatic heterocycles. The Hall–Kier alpha value is -1.14. The highest BCUT2D eigenvalue weighted by Crippen LogP contribution is 2.19. The topological polar surface area (TPSA) is 93.5 Å². The summed E-state index contributed by atoms with van der Waals surface area (Å²) in [5, 5.41) is 2.62. The number of carbonyl (C=O) groups excluding carboxylic acids is 2. The molecule has 0 bridgehead atoms. The first-order valence-electron chi connectivity index (χ1n) is 4.96. The molecule has 1 aliphatic rings. The van der Waals surface area contributed by atoms with Crippen LogP contribution in [-0.2, 0) is 14.4 Å². The molecule has 2 atom stereocenters. The summed E-state index contributed by atoms with van der Waals surface area (Å²) in [7, 11) is 0. The third kappa shape index (κ3) is 2.45. The second kappa shape index (κ2) is 4.59. The van der Waals surface area contributed by atoms with E-state index in [1.54, 1.807) is 6.92 Å². The third-order valence-corrected chi connectivity index (χ3v) is 2.82. The Morgan fingerprint density at radius 3 is 2.87 bits per heavy atom. The van der Waals surface area contributed by atoms with Crippen LogP contribution >= 0.6 is 0 Å². The van der Waals surface area contributed by atoms with Crippen LogP contribution in [0.2, 0.25) is 0 Å². The van der Waals surface area contributed by atoms with Gasteiger partial charge in [-0.05, 0) is 13.3 Å². The molecule has 15 heavy (non-hydrogen) atoms. The smallest absolute Gasteiger partial charge is 0.268 e. The van der Waals surface area contributed by atoms with Gasteiger partial charge in [-0.15, -0.1) is 0 Å². The van der Waals surface area contributed by atoms with Crippen molar-refractivity contribution < 1.29 is 14.4 Å². The largest absolute Gasteiger partial charge is 0.342 e. The van der Waals surface area contributed by atoms with Crippen LogP contribution in [0.25, 0.3) is 0 Å². The van der Waals surface area contributed by atoms with E-state index in [4.69, 9.17) is 10.6 Å². The predicted molar refractivity (Wildman–Crippen MR) is 53.5 cm³/mol. The van der Waals surface area contributed by atoms with Gasteiger partial charge in [-0.1, -0.05) is 6.92 Å². The minimum atomic E-state index is -0.622. The van der Waals surface area contributed by atoms with Crippen molar-refractivity contribution in [3.8, 4) is 0 Å². The third-order valence-electron chi connectivity index (χ3n) is 2.82. The van der Waals surface area contributed by atoms with Gasteiger partial charge in [-0.3, -0.25) is 14.4 Å². The Balaban J connectivity index is 2.58. The van der Waals surface area contributed by atoms with Gasteiger partial charge < -0.3 is 11.1 Å². The first-order chi connectivity index (χ1) is 7.03. The van der Waals surface area contributed by atoms with E-state index in [0.29, 0.717) is 6.42 Å². The molecule has 0 spiro atoms. The van der Waals surface area contributed by atoms with Gasteiger partial charge in [0.05, 0.1) is 5.41 Å². The summed E-state index contributed by atoms with van der Waals surface area (Å²) in [6, 6.07) is -0.602. The molecular weight excluding hydrogens is 198 g/mol. The van der Waals surface area contributed by atoms with Crippen molar-refractivity contribution >= 4 is 11.8 Å². The van der Waals surface area contributed by atoms with Crippen LogP contribution in [0.15, 0.2) is 0 Å². The molecule has 1 saturated heterocycles. The van der Waals surface area contributed by atoms with Gasteiger partial charge in [0.15, 0.2) is 0 Å². The molecule has 4 N–H and O–H groups in total. The lowest BCUT2D eigenvalue weighted by molar-refractivity contribution is -0.133. The average Bonchev–Trinajstić information content (AvgIpc) is 2.63. The van der Waals surface area contributed by atoms with Gasteiger partial charge in [-0.2, -0.15) is 0 Å². The summed E-state index contributed by atoms with van der Waals surface area (Å²) in [4.78, 5) is 27.6. The molecule has 6 heteroatoms. The van der Waals surface area contributed by atoms with Gasteiger partial charge in [0.2, 0.25) is 5.91 Å². The summed E-state index contributed by atoms with van der Waals surface area (Å²) in [6.45, 7) is 4.08. The minimum absolute atomic E-state index is 0.162. The van der Waals surface area contributed by atoms with Crippen molar-refractivity contribution in [1.82, 2.24) is 10.8 Å². The lowest BCUT2D eigenvalue weighted by Crippen LogP contribution is -2.50. The van der Waals surface area contributed by atoms with Crippen LogP contribution in [0.3, 0.4) is 0 Å². The monoisotopic (exact) mass is 215 g/mol. The first-order valence-corrected chi connectivity index (χ1v) is 4.96. The molecule has 1 unspecified atom stereocenters. The van der Waals surface area contributed by atoms with Crippen molar-refractivity contribution in [2.24, 2.45) is 11.1 Å². The van der Waals surface area contributed by atoms with E-state index in [2.05, 4.69) is 10.8 Å². The maximum absolute atomic E-state index is 11.8. The van der Waals surface area contributed by atoms with Crippen LogP contribution in [0.1, 0.15) is 20.3 Å². The molecule has 6 nitrogen and oxygen atoms in total. The minimum Gasteiger partial charge on any atom is -0.342 e. The van der Waals surface area contributed by atoms with E-state index in [9.17, 15) is 9.59 Å². The summed E-state index contributed by atoms with van der Waals surface area (Å²) >= 11 is 0. The molecule has 0 aliphatic carbocycles. The molecule has 1 heterocycles. The first kappa shape index (κ1) is 11.9. The highest BCUT2D eigenvalue weighted by Gasteiger charge is 2.34. The maximum Gasteiger partial charge on any atom is 0.268 e. The summed E-state index contributed by atoms with van der Waals surface area (Å²) in [5.74, 6) is -0.531. The summed E-state index contributed by atoms with van der Waals surface area (Å²) < 4.78 is 0. The zero-order valence-corrected chi connectivity index (χ0v) is 9.00. The van der Waals surface area contributed by atoms with Crippen molar-refractivity contribution in [2.75, 3.05) is 13.2 Å². The van der Waals surface area contributed by atoms with Crippen molar-refractivity contribution in [2.45, 2.75) is 26.3 Å². The molecule has 0 saturated carbocycles. The summed E-state index contributed by atoms with van der Waals surface area (Å²) in [5.41, 5.74) is 7.09. The fourth-order valence-corrected chi connectivity index (χ4v) is 1.18. The number of carbonyl (C=O) groups is 2. The average molecular weight is 215 g/mol. The second-order valence-electron chi connectivity index (χ2n) is 3.92. The van der Waals surface area contributed by atoms with Crippen LogP contribution in [-0.4, -0.2) is 31.0 Å². The number of nitrogens with one attached hydrogen (secondary N) is 2. The molecule has 0 aromatic rings. The van der Waals surface area contributed by atoms with Crippen LogP contribution in [0, 0.1) is 5.41 Å². The van der Waals surface area contributed by atoms with E-state index in [1.807, 2.05) is 6.92 Å². The molecule has 1 rings (SSSR count). The van der Waals surface area contributed by atoms with Gasteiger partial charge in [0.25, 0.3) is 5.91 Å². The Morgan fingerprint density at radius 2 is 2.47 bits per heavy atom. The number of hydrogen-bond acceptors (Lipinski definition) is 4. The van der Waals surface area contributed by atoms with E-state index in [1.165, 1.54) is 0 Å². The van der Waals surface area contributed by atoms with E-state index in [0.717, 1.165) is 0 Å². The molecule has 0 radical (unpaired) electrons. The van der Waals surface area contributed by atoms with Gasteiger partial charge in [0, 0.05) is 6.54 Å². The second-order valence-corrected chi connectivity index (χ2v) is 3.92. The SMILES string of the molecule is CCC(C)(CN)C(=O)N[C@@H]1CONC1=O. The normalized spacial score (nSPS) is 24.5. The molecule has 86 valence electrons. The van der Waals surface area contributed by atoms with Crippen molar-refractivity contribution in [1.29, 1.82) is 0 Å². The highest BCUT2D eigenvalue weighted by molar-refractivity contribution is 5.90. The quantitative estimate of drug-likeness (QED) is 0.555. The van der Waals surface area contributed by atoms with E-state index < -0.39 is 11.5 Å². The Morgan fingerprint density at radius 1 is 1.80 bits per heavy atom. The number of nitrogens with two attached hydrogens (primary N) is 1. The molecule has 0 aromatic carbocycles. The summed E-state index contributed by atoms with van der Waals surface area (Å²) in [6.07, 6.45) is 0.629. The van der Waals surface area contributed by atoms with Crippen LogP contribution in [0.4, 0.5) is 0 Å². The van der Waals surface area contributed by atoms with Gasteiger partial charge >= 0.3 is 0 Å². The molecule has 0 aromatic heterocycles.